The van der Waals surface area contributed by atoms with Crippen molar-refractivity contribution in [3.63, 3.8) is 0 Å². The maximum absolute atomic E-state index is 12.3. The van der Waals surface area contributed by atoms with Crippen LogP contribution in [0.15, 0.2) is 42.5 Å². The van der Waals surface area contributed by atoms with Gasteiger partial charge in [0.1, 0.15) is 5.75 Å². The molecular weight excluding hydrogens is 337 g/mol. The minimum Gasteiger partial charge on any atom is -0.479 e. The van der Waals surface area contributed by atoms with E-state index in [1.807, 2.05) is 0 Å². The lowest BCUT2D eigenvalue weighted by molar-refractivity contribution is -0.122. The van der Waals surface area contributed by atoms with Crippen molar-refractivity contribution < 1.29 is 14.3 Å². The number of carbonyl (C=O) groups excluding carboxylic acids is 2. The molecule has 1 N–H and O–H groups in total. The lowest BCUT2D eigenvalue weighted by atomic mass is 10.1. The van der Waals surface area contributed by atoms with E-state index in [1.165, 1.54) is 13.0 Å². The first-order valence-electron chi connectivity index (χ1n) is 6.91. The Labute approximate surface area is 144 Å². The fourth-order valence-corrected chi connectivity index (χ4v) is 2.40. The van der Waals surface area contributed by atoms with E-state index >= 15 is 0 Å². The van der Waals surface area contributed by atoms with E-state index in [0.29, 0.717) is 27.0 Å². The van der Waals surface area contributed by atoms with E-state index in [2.05, 4.69) is 5.32 Å². The average molecular weight is 352 g/mol. The molecule has 0 aliphatic rings. The number of Topliss-reactive ketones (excluding diaryl/α,β-unsaturated/α-hetero) is 1. The maximum atomic E-state index is 12.3. The SMILES string of the molecule is CC(=O)c1ccccc1NC(=O)C(C)Oc1ccc(Cl)cc1Cl. The van der Waals surface area contributed by atoms with E-state index < -0.39 is 6.10 Å². The Hall–Kier alpha value is -2.04. The van der Waals surface area contributed by atoms with E-state index in [4.69, 9.17) is 27.9 Å². The fraction of sp³-hybridized carbons (Fsp3) is 0.176. The highest BCUT2D eigenvalue weighted by atomic mass is 35.5. The quantitative estimate of drug-likeness (QED) is 0.800. The number of rotatable bonds is 5. The molecule has 4 nitrogen and oxygen atoms in total. The largest absolute Gasteiger partial charge is 0.479 e. The normalized spacial score (nSPS) is 11.7. The zero-order valence-corrected chi connectivity index (χ0v) is 14.1. The van der Waals surface area contributed by atoms with E-state index in [9.17, 15) is 9.59 Å². The molecule has 0 aliphatic carbocycles. The highest BCUT2D eigenvalue weighted by Gasteiger charge is 2.18. The van der Waals surface area contributed by atoms with Gasteiger partial charge < -0.3 is 10.1 Å². The maximum Gasteiger partial charge on any atom is 0.265 e. The minimum absolute atomic E-state index is 0.129. The third-order valence-electron chi connectivity index (χ3n) is 3.13. The Bertz CT molecular complexity index is 746. The standard InChI is InChI=1S/C17H15Cl2NO3/c1-10(21)13-5-3-4-6-15(13)20-17(22)11(2)23-16-8-7-12(18)9-14(16)19/h3-9,11H,1-2H3,(H,20,22). The summed E-state index contributed by atoms with van der Waals surface area (Å²) in [6.45, 7) is 3.04. The van der Waals surface area contributed by atoms with Crippen LogP contribution in [0.25, 0.3) is 0 Å². The van der Waals surface area contributed by atoms with Gasteiger partial charge in [0, 0.05) is 10.6 Å². The van der Waals surface area contributed by atoms with Crippen LogP contribution in [0.4, 0.5) is 5.69 Å². The molecular formula is C17H15Cl2NO3. The lowest BCUT2D eigenvalue weighted by Gasteiger charge is -2.16. The Kier molecular flexibility index (Phi) is 5.64. The van der Waals surface area contributed by atoms with Crippen LogP contribution in [0.1, 0.15) is 24.2 Å². The number of carbonyl (C=O) groups is 2. The summed E-state index contributed by atoms with van der Waals surface area (Å²) in [6.07, 6.45) is -0.798. The van der Waals surface area contributed by atoms with Crippen LogP contribution in [0, 0.1) is 0 Å². The summed E-state index contributed by atoms with van der Waals surface area (Å²) in [5.41, 5.74) is 0.889. The van der Waals surface area contributed by atoms with Crippen LogP contribution in [0.5, 0.6) is 5.75 Å². The monoisotopic (exact) mass is 351 g/mol. The van der Waals surface area contributed by atoms with Crippen LogP contribution >= 0.6 is 23.2 Å². The number of anilines is 1. The van der Waals surface area contributed by atoms with Crippen molar-refractivity contribution >= 4 is 40.6 Å². The van der Waals surface area contributed by atoms with Crippen molar-refractivity contribution in [3.8, 4) is 5.75 Å². The topological polar surface area (TPSA) is 55.4 Å². The van der Waals surface area contributed by atoms with Crippen LogP contribution in [-0.2, 0) is 4.79 Å². The van der Waals surface area contributed by atoms with Crippen molar-refractivity contribution in [2.24, 2.45) is 0 Å². The van der Waals surface area contributed by atoms with Gasteiger partial charge in [0.15, 0.2) is 11.9 Å². The third-order valence-corrected chi connectivity index (χ3v) is 3.66. The highest BCUT2D eigenvalue weighted by Crippen LogP contribution is 2.28. The molecule has 0 radical (unpaired) electrons. The van der Waals surface area contributed by atoms with Crippen LogP contribution < -0.4 is 10.1 Å². The first-order valence-corrected chi connectivity index (χ1v) is 7.66. The molecule has 1 unspecified atom stereocenters. The number of ether oxygens (including phenoxy) is 1. The molecule has 0 saturated heterocycles. The molecule has 0 fully saturated rings. The molecule has 0 aliphatic heterocycles. The molecule has 0 spiro atoms. The number of para-hydroxylation sites is 1. The smallest absolute Gasteiger partial charge is 0.265 e. The van der Waals surface area contributed by atoms with Gasteiger partial charge >= 0.3 is 0 Å². The summed E-state index contributed by atoms with van der Waals surface area (Å²) < 4.78 is 5.55. The number of hydrogen-bond donors (Lipinski definition) is 1. The summed E-state index contributed by atoms with van der Waals surface area (Å²) in [7, 11) is 0. The van der Waals surface area contributed by atoms with Gasteiger partial charge in [-0.3, -0.25) is 9.59 Å². The van der Waals surface area contributed by atoms with E-state index in [1.54, 1.807) is 43.3 Å². The van der Waals surface area contributed by atoms with Gasteiger partial charge in [0.05, 0.1) is 10.7 Å². The Morgan fingerprint density at radius 3 is 2.48 bits per heavy atom. The van der Waals surface area contributed by atoms with Crippen molar-refractivity contribution in [1.29, 1.82) is 0 Å². The zero-order chi connectivity index (χ0) is 17.0. The predicted octanol–water partition coefficient (Wildman–Crippen LogP) is 4.60. The predicted molar refractivity (Wildman–Crippen MR) is 91.6 cm³/mol. The number of nitrogens with one attached hydrogen (secondary N) is 1. The first kappa shape index (κ1) is 17.3. The molecule has 2 rings (SSSR count). The van der Waals surface area contributed by atoms with Gasteiger partial charge in [-0.2, -0.15) is 0 Å². The Morgan fingerprint density at radius 1 is 1.13 bits per heavy atom. The lowest BCUT2D eigenvalue weighted by Crippen LogP contribution is -2.30. The second-order valence-corrected chi connectivity index (χ2v) is 5.77. The molecule has 1 atom stereocenters. The highest BCUT2D eigenvalue weighted by molar-refractivity contribution is 6.35. The summed E-state index contributed by atoms with van der Waals surface area (Å²) in [5.74, 6) is -0.154. The fourth-order valence-electron chi connectivity index (χ4n) is 1.95. The summed E-state index contributed by atoms with van der Waals surface area (Å²) >= 11 is 11.8. The number of hydrogen-bond acceptors (Lipinski definition) is 3. The molecule has 0 heterocycles. The molecule has 2 aromatic rings. The molecule has 0 bridgehead atoms. The van der Waals surface area contributed by atoms with Crippen LogP contribution in [-0.4, -0.2) is 17.8 Å². The molecule has 2 aromatic carbocycles. The third kappa shape index (κ3) is 4.47. The second kappa shape index (κ2) is 7.49. The molecule has 1 amide bonds. The summed E-state index contributed by atoms with van der Waals surface area (Å²) in [5, 5.41) is 3.49. The van der Waals surface area contributed by atoms with Gasteiger partial charge in [0.25, 0.3) is 5.91 Å². The number of benzene rings is 2. The molecule has 0 saturated carbocycles. The van der Waals surface area contributed by atoms with E-state index in [0.717, 1.165) is 0 Å². The van der Waals surface area contributed by atoms with Gasteiger partial charge in [-0.15, -0.1) is 0 Å². The van der Waals surface area contributed by atoms with Crippen molar-refractivity contribution in [2.75, 3.05) is 5.32 Å². The molecule has 23 heavy (non-hydrogen) atoms. The van der Waals surface area contributed by atoms with Crippen molar-refractivity contribution in [3.05, 3.63) is 58.1 Å². The van der Waals surface area contributed by atoms with Crippen molar-refractivity contribution in [2.45, 2.75) is 20.0 Å². The Morgan fingerprint density at radius 2 is 1.83 bits per heavy atom. The number of amides is 1. The van der Waals surface area contributed by atoms with Gasteiger partial charge in [0.2, 0.25) is 0 Å². The molecule has 6 heteroatoms. The number of ketones is 1. The Balaban J connectivity index is 2.10. The second-order valence-electron chi connectivity index (χ2n) is 4.93. The zero-order valence-electron chi connectivity index (χ0n) is 12.6. The first-order chi connectivity index (χ1) is 10.9. The molecule has 0 aromatic heterocycles. The summed E-state index contributed by atoms with van der Waals surface area (Å²) in [6, 6.07) is 11.5. The van der Waals surface area contributed by atoms with Gasteiger partial charge in [-0.1, -0.05) is 35.3 Å². The van der Waals surface area contributed by atoms with Crippen molar-refractivity contribution in [1.82, 2.24) is 0 Å². The van der Waals surface area contributed by atoms with Crippen LogP contribution in [0.3, 0.4) is 0 Å². The minimum atomic E-state index is -0.798. The summed E-state index contributed by atoms with van der Waals surface area (Å²) in [4.78, 5) is 23.8. The molecule has 120 valence electrons. The van der Waals surface area contributed by atoms with Gasteiger partial charge in [-0.05, 0) is 44.2 Å². The van der Waals surface area contributed by atoms with E-state index in [-0.39, 0.29) is 11.7 Å². The van der Waals surface area contributed by atoms with Gasteiger partial charge in [-0.25, -0.2) is 0 Å². The average Bonchev–Trinajstić information content (AvgIpc) is 2.50. The van der Waals surface area contributed by atoms with Crippen LogP contribution in [0.2, 0.25) is 10.0 Å². The number of halogens is 2.